The molecule has 16 heavy (non-hydrogen) atoms. The smallest absolute Gasteiger partial charge is 0.234 e. The number of primary amides is 1. The molecule has 4 nitrogen and oxygen atoms in total. The first-order valence-electron chi connectivity index (χ1n) is 4.83. The van der Waals surface area contributed by atoms with Crippen molar-refractivity contribution in [1.29, 1.82) is 0 Å². The van der Waals surface area contributed by atoms with Crippen molar-refractivity contribution in [3.05, 3.63) is 28.3 Å². The first kappa shape index (κ1) is 12.8. The number of hydrogen-bond acceptors (Lipinski definition) is 3. The Bertz CT molecular complexity index is 407. The molecule has 0 aliphatic heterocycles. The number of aryl methyl sites for hydroxylation is 1. The zero-order valence-corrected chi connectivity index (χ0v) is 10.0. The molecule has 0 bridgehead atoms. The van der Waals surface area contributed by atoms with Crippen LogP contribution in [0.25, 0.3) is 0 Å². The second-order valence-electron chi connectivity index (χ2n) is 3.63. The molecule has 4 N–H and O–H groups in total. The number of carbonyl (C=O) groups excluding carboxylic acids is 1. The summed E-state index contributed by atoms with van der Waals surface area (Å²) < 4.78 is 5.25. The average Bonchev–Trinajstić information content (AvgIpc) is 2.16. The second kappa shape index (κ2) is 5.18. The van der Waals surface area contributed by atoms with Gasteiger partial charge in [-0.05, 0) is 30.2 Å². The number of hydrogen-bond donors (Lipinski definition) is 2. The van der Waals surface area contributed by atoms with Gasteiger partial charge in [-0.1, -0.05) is 11.6 Å². The van der Waals surface area contributed by atoms with Crippen molar-refractivity contribution < 1.29 is 9.53 Å². The maximum absolute atomic E-state index is 10.9. The van der Waals surface area contributed by atoms with E-state index < -0.39 is 11.9 Å². The Morgan fingerprint density at radius 3 is 2.69 bits per heavy atom. The SMILES string of the molecule is COc1c(C)cc(Cl)cc1CC(N)C(N)=O. The highest BCUT2D eigenvalue weighted by Crippen LogP contribution is 2.28. The van der Waals surface area contributed by atoms with E-state index in [0.717, 1.165) is 11.1 Å². The molecule has 1 atom stereocenters. The van der Waals surface area contributed by atoms with E-state index >= 15 is 0 Å². The molecular weight excluding hydrogens is 228 g/mol. The van der Waals surface area contributed by atoms with Gasteiger partial charge in [0, 0.05) is 11.4 Å². The molecule has 5 heteroatoms. The lowest BCUT2D eigenvalue weighted by atomic mass is 10.0. The molecular formula is C11H15ClN2O2. The number of benzene rings is 1. The Labute approximate surface area is 99.5 Å². The van der Waals surface area contributed by atoms with Crippen LogP contribution in [0.3, 0.4) is 0 Å². The lowest BCUT2D eigenvalue weighted by molar-refractivity contribution is -0.119. The molecule has 1 aromatic carbocycles. The van der Waals surface area contributed by atoms with Gasteiger partial charge in [0.1, 0.15) is 5.75 Å². The van der Waals surface area contributed by atoms with Gasteiger partial charge in [-0.15, -0.1) is 0 Å². The van der Waals surface area contributed by atoms with Crippen LogP contribution in [0, 0.1) is 6.92 Å². The van der Waals surface area contributed by atoms with Crippen LogP contribution < -0.4 is 16.2 Å². The van der Waals surface area contributed by atoms with Crippen LogP contribution in [0.1, 0.15) is 11.1 Å². The van der Waals surface area contributed by atoms with Gasteiger partial charge >= 0.3 is 0 Å². The summed E-state index contributed by atoms with van der Waals surface area (Å²) in [5.74, 6) is 0.154. The molecule has 0 fully saturated rings. The van der Waals surface area contributed by atoms with Crippen molar-refractivity contribution in [3.8, 4) is 5.75 Å². The van der Waals surface area contributed by atoms with E-state index in [1.165, 1.54) is 0 Å². The van der Waals surface area contributed by atoms with Crippen LogP contribution in [0.5, 0.6) is 5.75 Å². The molecule has 88 valence electrons. The van der Waals surface area contributed by atoms with E-state index in [0.29, 0.717) is 17.2 Å². The van der Waals surface area contributed by atoms with Crippen LogP contribution in [0.4, 0.5) is 0 Å². The summed E-state index contributed by atoms with van der Waals surface area (Å²) in [5, 5.41) is 0.588. The maximum atomic E-state index is 10.9. The predicted molar refractivity (Wildman–Crippen MR) is 63.6 cm³/mol. The van der Waals surface area contributed by atoms with Gasteiger partial charge in [0.2, 0.25) is 5.91 Å². The fourth-order valence-electron chi connectivity index (χ4n) is 1.58. The maximum Gasteiger partial charge on any atom is 0.234 e. The molecule has 1 aromatic rings. The van der Waals surface area contributed by atoms with E-state index in [9.17, 15) is 4.79 Å². The third-order valence-corrected chi connectivity index (χ3v) is 2.54. The third-order valence-electron chi connectivity index (χ3n) is 2.33. The van der Waals surface area contributed by atoms with Crippen LogP contribution in [-0.4, -0.2) is 19.1 Å². The number of nitrogens with two attached hydrogens (primary N) is 2. The Morgan fingerprint density at radius 1 is 1.56 bits per heavy atom. The summed E-state index contributed by atoms with van der Waals surface area (Å²) in [7, 11) is 1.57. The lowest BCUT2D eigenvalue weighted by Gasteiger charge is -2.14. The van der Waals surface area contributed by atoms with Gasteiger partial charge in [0.05, 0.1) is 13.2 Å². The van der Waals surface area contributed by atoms with E-state index in [2.05, 4.69) is 0 Å². The number of halogens is 1. The Kier molecular flexibility index (Phi) is 4.15. The van der Waals surface area contributed by atoms with Crippen LogP contribution in [-0.2, 0) is 11.2 Å². The minimum absolute atomic E-state index is 0.319. The van der Waals surface area contributed by atoms with Crippen molar-refractivity contribution in [2.45, 2.75) is 19.4 Å². The number of methoxy groups -OCH3 is 1. The summed E-state index contributed by atoms with van der Waals surface area (Å²) in [5.41, 5.74) is 12.4. The quantitative estimate of drug-likeness (QED) is 0.827. The number of amides is 1. The lowest BCUT2D eigenvalue weighted by Crippen LogP contribution is -2.38. The largest absolute Gasteiger partial charge is 0.496 e. The summed E-state index contributed by atoms with van der Waals surface area (Å²) in [4.78, 5) is 10.9. The van der Waals surface area contributed by atoms with Crippen LogP contribution in [0.15, 0.2) is 12.1 Å². The highest BCUT2D eigenvalue weighted by molar-refractivity contribution is 6.30. The highest BCUT2D eigenvalue weighted by atomic mass is 35.5. The number of ether oxygens (including phenoxy) is 1. The molecule has 0 saturated heterocycles. The molecule has 1 amide bonds. The minimum atomic E-state index is -0.730. The van der Waals surface area contributed by atoms with Crippen LogP contribution in [0.2, 0.25) is 5.02 Å². The number of carbonyl (C=O) groups is 1. The molecule has 0 aromatic heterocycles. The summed E-state index contributed by atoms with van der Waals surface area (Å²) in [6.07, 6.45) is 0.319. The first-order valence-corrected chi connectivity index (χ1v) is 5.21. The Morgan fingerprint density at radius 2 is 2.19 bits per heavy atom. The summed E-state index contributed by atoms with van der Waals surface area (Å²) in [6.45, 7) is 1.88. The second-order valence-corrected chi connectivity index (χ2v) is 4.06. The van der Waals surface area contributed by atoms with Crippen molar-refractivity contribution >= 4 is 17.5 Å². The van der Waals surface area contributed by atoms with Crippen molar-refractivity contribution in [2.75, 3.05) is 7.11 Å². The van der Waals surface area contributed by atoms with Crippen molar-refractivity contribution in [1.82, 2.24) is 0 Å². The van der Waals surface area contributed by atoms with Crippen molar-refractivity contribution in [2.24, 2.45) is 11.5 Å². The van der Waals surface area contributed by atoms with E-state index in [4.69, 9.17) is 27.8 Å². The number of rotatable bonds is 4. The van der Waals surface area contributed by atoms with E-state index in [1.54, 1.807) is 19.2 Å². The monoisotopic (exact) mass is 242 g/mol. The fraction of sp³-hybridized carbons (Fsp3) is 0.364. The van der Waals surface area contributed by atoms with Gasteiger partial charge in [0.15, 0.2) is 0 Å². The minimum Gasteiger partial charge on any atom is -0.496 e. The molecule has 0 radical (unpaired) electrons. The van der Waals surface area contributed by atoms with E-state index in [-0.39, 0.29) is 0 Å². The molecule has 0 saturated carbocycles. The molecule has 0 aliphatic carbocycles. The normalized spacial score (nSPS) is 12.2. The topological polar surface area (TPSA) is 78.3 Å². The highest BCUT2D eigenvalue weighted by Gasteiger charge is 2.15. The molecule has 0 spiro atoms. The fourth-order valence-corrected chi connectivity index (χ4v) is 1.88. The summed E-state index contributed by atoms with van der Waals surface area (Å²) in [6, 6.07) is 2.79. The Balaban J connectivity index is 3.07. The summed E-state index contributed by atoms with van der Waals surface area (Å²) >= 11 is 5.93. The Hall–Kier alpha value is -1.26. The van der Waals surface area contributed by atoms with E-state index in [1.807, 2.05) is 6.92 Å². The first-order chi connectivity index (χ1) is 7.45. The average molecular weight is 243 g/mol. The van der Waals surface area contributed by atoms with Gasteiger partial charge in [-0.3, -0.25) is 4.79 Å². The molecule has 1 rings (SSSR count). The molecule has 0 heterocycles. The van der Waals surface area contributed by atoms with Gasteiger partial charge < -0.3 is 16.2 Å². The predicted octanol–water partition coefficient (Wildman–Crippen LogP) is 1.01. The van der Waals surface area contributed by atoms with Gasteiger partial charge in [0.25, 0.3) is 0 Å². The zero-order chi connectivity index (χ0) is 12.3. The third kappa shape index (κ3) is 2.87. The van der Waals surface area contributed by atoms with Crippen molar-refractivity contribution in [3.63, 3.8) is 0 Å². The molecule has 0 aliphatic rings. The van der Waals surface area contributed by atoms with Gasteiger partial charge in [-0.2, -0.15) is 0 Å². The standard InChI is InChI=1S/C11H15ClN2O2/c1-6-3-8(12)4-7(10(6)16-2)5-9(13)11(14)15/h3-4,9H,5,13H2,1-2H3,(H2,14,15). The van der Waals surface area contributed by atoms with Crippen LogP contribution >= 0.6 is 11.6 Å². The van der Waals surface area contributed by atoms with Gasteiger partial charge in [-0.25, -0.2) is 0 Å². The molecule has 1 unspecified atom stereocenters. The zero-order valence-electron chi connectivity index (χ0n) is 9.29.